The molecule has 1 heterocycles. The standard InChI is InChI=1S/C39H40N2O8/c1-39(2)41(38(43)48-22-30-28-13-9-7-11-26(28)27-12-8-10-14-29(27)30)32(23-49-39)37(42)40-31-19-24(17-18-33(31)44-3)15-16-25-20-34(45-4)36(47-6)35(21-25)46-5/h7-21,30,32H,22-23H2,1-6H3,(H,40,42)/b16-15-. The second-order valence-corrected chi connectivity index (χ2v) is 12.2. The first kappa shape index (κ1) is 33.4. The van der Waals surface area contributed by atoms with Crippen LogP contribution in [0.5, 0.6) is 23.0 Å². The molecule has 1 unspecified atom stereocenters. The van der Waals surface area contributed by atoms with Crippen LogP contribution >= 0.6 is 0 Å². The summed E-state index contributed by atoms with van der Waals surface area (Å²) < 4.78 is 33.8. The van der Waals surface area contributed by atoms with Gasteiger partial charge in [0.15, 0.2) is 11.5 Å². The van der Waals surface area contributed by atoms with Crippen molar-refractivity contribution in [3.8, 4) is 34.1 Å². The van der Waals surface area contributed by atoms with Crippen molar-refractivity contribution in [2.24, 2.45) is 0 Å². The van der Waals surface area contributed by atoms with E-state index in [9.17, 15) is 9.59 Å². The van der Waals surface area contributed by atoms with Crippen LogP contribution in [0.2, 0.25) is 0 Å². The van der Waals surface area contributed by atoms with Gasteiger partial charge in [-0.15, -0.1) is 0 Å². The monoisotopic (exact) mass is 664 g/mol. The van der Waals surface area contributed by atoms with Crippen LogP contribution in [0.15, 0.2) is 78.9 Å². The summed E-state index contributed by atoms with van der Waals surface area (Å²) in [6.45, 7) is 3.63. The molecular formula is C39H40N2O8. The van der Waals surface area contributed by atoms with Crippen molar-refractivity contribution in [3.05, 3.63) is 101 Å². The lowest BCUT2D eigenvalue weighted by Crippen LogP contribution is -2.52. The number of benzene rings is 4. The number of rotatable bonds is 10. The van der Waals surface area contributed by atoms with Crippen molar-refractivity contribution in [2.45, 2.75) is 31.5 Å². The second-order valence-electron chi connectivity index (χ2n) is 12.2. The molecule has 0 saturated carbocycles. The van der Waals surface area contributed by atoms with Gasteiger partial charge in [0.05, 0.1) is 40.7 Å². The minimum absolute atomic E-state index is 0.00602. The summed E-state index contributed by atoms with van der Waals surface area (Å²) in [4.78, 5) is 28.9. The van der Waals surface area contributed by atoms with Gasteiger partial charge in [0.2, 0.25) is 11.7 Å². The van der Waals surface area contributed by atoms with Crippen LogP contribution in [0, 0.1) is 0 Å². The van der Waals surface area contributed by atoms with E-state index >= 15 is 0 Å². The quantitative estimate of drug-likeness (QED) is 0.177. The third-order valence-electron chi connectivity index (χ3n) is 8.96. The molecule has 2 aliphatic rings. The number of amides is 2. The average molecular weight is 665 g/mol. The molecule has 49 heavy (non-hydrogen) atoms. The van der Waals surface area contributed by atoms with Crippen molar-refractivity contribution in [1.29, 1.82) is 0 Å². The Morgan fingerprint density at radius 1 is 0.796 bits per heavy atom. The largest absolute Gasteiger partial charge is 0.495 e. The molecule has 2 amide bonds. The molecule has 0 aromatic heterocycles. The highest BCUT2D eigenvalue weighted by Crippen LogP contribution is 2.45. The molecule has 0 bridgehead atoms. The average Bonchev–Trinajstić information content (AvgIpc) is 3.62. The van der Waals surface area contributed by atoms with Gasteiger partial charge in [0, 0.05) is 5.92 Å². The summed E-state index contributed by atoms with van der Waals surface area (Å²) in [6, 6.07) is 24.5. The van der Waals surface area contributed by atoms with Gasteiger partial charge in [0.25, 0.3) is 0 Å². The molecule has 10 nitrogen and oxygen atoms in total. The van der Waals surface area contributed by atoms with Gasteiger partial charge >= 0.3 is 6.09 Å². The van der Waals surface area contributed by atoms with E-state index in [1.807, 2.05) is 54.6 Å². The van der Waals surface area contributed by atoms with E-state index in [4.69, 9.17) is 28.4 Å². The molecule has 1 N–H and O–H groups in total. The summed E-state index contributed by atoms with van der Waals surface area (Å²) in [5, 5.41) is 2.96. The van der Waals surface area contributed by atoms with Gasteiger partial charge < -0.3 is 33.7 Å². The smallest absolute Gasteiger partial charge is 0.412 e. The number of nitrogens with one attached hydrogen (secondary N) is 1. The van der Waals surface area contributed by atoms with Crippen molar-refractivity contribution in [2.75, 3.05) is 47.0 Å². The van der Waals surface area contributed by atoms with Gasteiger partial charge in [-0.25, -0.2) is 4.79 Å². The van der Waals surface area contributed by atoms with E-state index in [2.05, 4.69) is 29.6 Å². The highest BCUT2D eigenvalue weighted by Gasteiger charge is 2.48. The number of hydrogen-bond donors (Lipinski definition) is 1. The van der Waals surface area contributed by atoms with Gasteiger partial charge in [-0.2, -0.15) is 0 Å². The third-order valence-corrected chi connectivity index (χ3v) is 8.96. The second kappa shape index (κ2) is 13.9. The Morgan fingerprint density at radius 2 is 1.39 bits per heavy atom. The van der Waals surface area contributed by atoms with Crippen molar-refractivity contribution < 1.29 is 38.0 Å². The van der Waals surface area contributed by atoms with E-state index in [-0.39, 0.29) is 19.1 Å². The van der Waals surface area contributed by atoms with Crippen molar-refractivity contribution >= 4 is 29.8 Å². The zero-order chi connectivity index (χ0) is 34.7. The van der Waals surface area contributed by atoms with E-state index in [0.717, 1.165) is 33.4 Å². The summed E-state index contributed by atoms with van der Waals surface area (Å²) in [6.07, 6.45) is 3.16. The molecule has 4 aromatic rings. The SMILES string of the molecule is COc1ccc(/C=C\c2cc(OC)c(OC)c(OC)c2)cc1NC(=O)C1COC(C)(C)N1C(=O)OCC1c2ccccc2-c2ccccc21. The first-order valence-corrected chi connectivity index (χ1v) is 15.9. The first-order chi connectivity index (χ1) is 23.7. The lowest BCUT2D eigenvalue weighted by molar-refractivity contribution is -0.121. The van der Waals surface area contributed by atoms with E-state index < -0.39 is 23.8 Å². The Labute approximate surface area is 286 Å². The van der Waals surface area contributed by atoms with Crippen LogP contribution < -0.4 is 24.3 Å². The Balaban J connectivity index is 1.19. The predicted octanol–water partition coefficient (Wildman–Crippen LogP) is 7.22. The number of nitrogens with zero attached hydrogens (tertiary/aromatic N) is 1. The molecule has 254 valence electrons. The van der Waals surface area contributed by atoms with Gasteiger partial charge in [0.1, 0.15) is 24.1 Å². The Kier molecular flexibility index (Phi) is 9.51. The number of fused-ring (bicyclic) bond motifs is 3. The topological polar surface area (TPSA) is 105 Å². The Bertz CT molecular complexity index is 1830. The summed E-state index contributed by atoms with van der Waals surface area (Å²) in [7, 11) is 6.21. The summed E-state index contributed by atoms with van der Waals surface area (Å²) in [5.41, 5.74) is 5.46. The molecule has 10 heteroatoms. The molecule has 1 saturated heterocycles. The van der Waals surface area contributed by atoms with Crippen LogP contribution in [0.3, 0.4) is 0 Å². The highest BCUT2D eigenvalue weighted by atomic mass is 16.6. The Morgan fingerprint density at radius 3 is 1.98 bits per heavy atom. The molecule has 0 radical (unpaired) electrons. The molecule has 4 aromatic carbocycles. The minimum Gasteiger partial charge on any atom is -0.495 e. The number of carbonyl (C=O) groups is 2. The zero-order valence-corrected chi connectivity index (χ0v) is 28.4. The molecular weight excluding hydrogens is 624 g/mol. The molecule has 6 rings (SSSR count). The number of methoxy groups -OCH3 is 4. The number of ether oxygens (including phenoxy) is 6. The number of carbonyl (C=O) groups excluding carboxylic acids is 2. The summed E-state index contributed by atoms with van der Waals surface area (Å²) >= 11 is 0. The minimum atomic E-state index is -1.07. The lowest BCUT2D eigenvalue weighted by Gasteiger charge is -2.32. The number of hydrogen-bond acceptors (Lipinski definition) is 8. The number of anilines is 1. The van der Waals surface area contributed by atoms with Gasteiger partial charge in [-0.05, 0) is 71.5 Å². The molecule has 1 atom stereocenters. The summed E-state index contributed by atoms with van der Waals surface area (Å²) in [5.74, 6) is 1.49. The predicted molar refractivity (Wildman–Crippen MR) is 187 cm³/mol. The van der Waals surface area contributed by atoms with Crippen LogP contribution in [0.25, 0.3) is 23.3 Å². The normalized spacial score (nSPS) is 16.2. The first-order valence-electron chi connectivity index (χ1n) is 15.9. The van der Waals surface area contributed by atoms with Crippen LogP contribution in [-0.4, -0.2) is 70.3 Å². The highest BCUT2D eigenvalue weighted by molar-refractivity contribution is 5.98. The van der Waals surface area contributed by atoms with Crippen LogP contribution in [0.4, 0.5) is 10.5 Å². The molecule has 1 aliphatic carbocycles. The third kappa shape index (κ3) is 6.51. The van der Waals surface area contributed by atoms with E-state index in [1.165, 1.54) is 12.0 Å². The maximum Gasteiger partial charge on any atom is 0.412 e. The molecule has 0 spiro atoms. The lowest BCUT2D eigenvalue weighted by atomic mass is 9.98. The zero-order valence-electron chi connectivity index (χ0n) is 28.4. The van der Waals surface area contributed by atoms with Gasteiger partial charge in [-0.1, -0.05) is 66.7 Å². The maximum atomic E-state index is 13.8. The fourth-order valence-electron chi connectivity index (χ4n) is 6.54. The Hall–Kier alpha value is -5.48. The van der Waals surface area contributed by atoms with Gasteiger partial charge in [-0.3, -0.25) is 9.69 Å². The maximum absolute atomic E-state index is 13.8. The van der Waals surface area contributed by atoms with E-state index in [0.29, 0.717) is 28.7 Å². The van der Waals surface area contributed by atoms with Crippen molar-refractivity contribution in [1.82, 2.24) is 4.90 Å². The van der Waals surface area contributed by atoms with Crippen LogP contribution in [0.1, 0.15) is 42.0 Å². The van der Waals surface area contributed by atoms with E-state index in [1.54, 1.807) is 47.3 Å². The van der Waals surface area contributed by atoms with Crippen molar-refractivity contribution in [3.63, 3.8) is 0 Å². The fourth-order valence-corrected chi connectivity index (χ4v) is 6.54. The fraction of sp³-hybridized carbons (Fsp3) is 0.282. The molecule has 1 aliphatic heterocycles. The molecule has 1 fully saturated rings. The van der Waals surface area contributed by atoms with Crippen LogP contribution in [-0.2, 0) is 14.3 Å².